The van der Waals surface area contributed by atoms with Gasteiger partial charge in [-0.25, -0.2) is 0 Å². The van der Waals surface area contributed by atoms with Crippen LogP contribution in [0.3, 0.4) is 0 Å². The Morgan fingerprint density at radius 3 is 2.70 bits per heavy atom. The second kappa shape index (κ2) is 5.81. The Morgan fingerprint density at radius 2 is 1.95 bits per heavy atom. The van der Waals surface area contributed by atoms with Crippen LogP contribution in [-0.2, 0) is 12.8 Å². The Hall–Kier alpha value is -1.58. The van der Waals surface area contributed by atoms with Crippen LogP contribution in [0.5, 0.6) is 0 Å². The van der Waals surface area contributed by atoms with Gasteiger partial charge in [-0.05, 0) is 49.7 Å². The van der Waals surface area contributed by atoms with E-state index in [1.165, 1.54) is 20.5 Å². The van der Waals surface area contributed by atoms with Gasteiger partial charge in [-0.1, -0.05) is 18.2 Å². The summed E-state index contributed by atoms with van der Waals surface area (Å²) in [5, 5.41) is 1.38. The second-order valence-corrected chi connectivity index (χ2v) is 6.45. The predicted molar refractivity (Wildman–Crippen MR) is 85.6 cm³/mol. The van der Waals surface area contributed by atoms with E-state index >= 15 is 0 Å². The number of thiophene rings is 1. The Kier molecular flexibility index (Phi) is 3.90. The van der Waals surface area contributed by atoms with E-state index in [1.807, 2.05) is 17.4 Å². The maximum Gasteiger partial charge on any atom is 0.108 e. The molecule has 104 valence electrons. The molecule has 0 radical (unpaired) electrons. The first-order valence-corrected chi connectivity index (χ1v) is 7.72. The Labute approximate surface area is 123 Å². The van der Waals surface area contributed by atoms with E-state index in [0.717, 1.165) is 25.1 Å². The SMILES string of the molecule is CN(C)CCc1sc2ccccc2c1Cc1ccco1. The first-order chi connectivity index (χ1) is 9.74. The first-order valence-electron chi connectivity index (χ1n) is 6.90. The molecule has 3 heteroatoms. The Morgan fingerprint density at radius 1 is 1.10 bits per heavy atom. The Bertz CT molecular complexity index is 682. The van der Waals surface area contributed by atoms with E-state index in [2.05, 4.69) is 49.3 Å². The van der Waals surface area contributed by atoms with Gasteiger partial charge in [0.2, 0.25) is 0 Å². The van der Waals surface area contributed by atoms with Gasteiger partial charge in [0.25, 0.3) is 0 Å². The van der Waals surface area contributed by atoms with Crippen LogP contribution < -0.4 is 0 Å². The summed E-state index contributed by atoms with van der Waals surface area (Å²) in [6, 6.07) is 12.7. The number of likely N-dealkylation sites (N-methyl/N-ethyl adjacent to an activating group) is 1. The fraction of sp³-hybridized carbons (Fsp3) is 0.294. The average molecular weight is 285 g/mol. The highest BCUT2D eigenvalue weighted by Gasteiger charge is 2.13. The molecule has 0 unspecified atom stereocenters. The molecule has 3 aromatic rings. The lowest BCUT2D eigenvalue weighted by Crippen LogP contribution is -2.15. The summed E-state index contributed by atoms with van der Waals surface area (Å²) >= 11 is 1.92. The summed E-state index contributed by atoms with van der Waals surface area (Å²) in [4.78, 5) is 3.72. The van der Waals surface area contributed by atoms with Crippen molar-refractivity contribution in [3.05, 3.63) is 58.9 Å². The van der Waals surface area contributed by atoms with Gasteiger partial charge < -0.3 is 9.32 Å². The summed E-state index contributed by atoms with van der Waals surface area (Å²) in [7, 11) is 4.25. The van der Waals surface area contributed by atoms with Gasteiger partial charge in [0.15, 0.2) is 0 Å². The van der Waals surface area contributed by atoms with Gasteiger partial charge >= 0.3 is 0 Å². The van der Waals surface area contributed by atoms with E-state index in [0.29, 0.717) is 0 Å². The van der Waals surface area contributed by atoms with E-state index < -0.39 is 0 Å². The summed E-state index contributed by atoms with van der Waals surface area (Å²) in [5.41, 5.74) is 1.43. The minimum Gasteiger partial charge on any atom is -0.469 e. The van der Waals surface area contributed by atoms with Crippen molar-refractivity contribution in [2.75, 3.05) is 20.6 Å². The van der Waals surface area contributed by atoms with Crippen molar-refractivity contribution in [1.29, 1.82) is 0 Å². The molecule has 0 aliphatic rings. The lowest BCUT2D eigenvalue weighted by atomic mass is 10.0. The number of benzene rings is 1. The van der Waals surface area contributed by atoms with Crippen molar-refractivity contribution in [1.82, 2.24) is 4.90 Å². The molecule has 20 heavy (non-hydrogen) atoms. The number of nitrogens with zero attached hydrogens (tertiary/aromatic N) is 1. The molecule has 0 aliphatic heterocycles. The molecule has 0 fully saturated rings. The molecule has 0 atom stereocenters. The molecule has 0 spiro atoms. The summed E-state index contributed by atoms with van der Waals surface area (Å²) in [5.74, 6) is 1.04. The maximum absolute atomic E-state index is 5.53. The molecule has 1 aromatic carbocycles. The van der Waals surface area contributed by atoms with Crippen molar-refractivity contribution in [2.24, 2.45) is 0 Å². The van der Waals surface area contributed by atoms with Gasteiger partial charge in [0, 0.05) is 22.5 Å². The van der Waals surface area contributed by atoms with Crippen LogP contribution in [-0.4, -0.2) is 25.5 Å². The zero-order chi connectivity index (χ0) is 13.9. The quantitative estimate of drug-likeness (QED) is 0.699. The monoisotopic (exact) mass is 285 g/mol. The molecule has 0 N–H and O–H groups in total. The molecular weight excluding hydrogens is 266 g/mol. The van der Waals surface area contributed by atoms with Crippen molar-refractivity contribution >= 4 is 21.4 Å². The number of hydrogen-bond acceptors (Lipinski definition) is 3. The molecule has 3 rings (SSSR count). The predicted octanol–water partition coefficient (Wildman–Crippen LogP) is 4.19. The van der Waals surface area contributed by atoms with Crippen molar-refractivity contribution in [2.45, 2.75) is 12.8 Å². The molecule has 2 heterocycles. The van der Waals surface area contributed by atoms with Crippen LogP contribution in [0.2, 0.25) is 0 Å². The minimum atomic E-state index is 0.889. The summed E-state index contributed by atoms with van der Waals surface area (Å²) in [6.45, 7) is 1.08. The first kappa shape index (κ1) is 13.4. The van der Waals surface area contributed by atoms with Gasteiger partial charge in [-0.2, -0.15) is 0 Å². The van der Waals surface area contributed by atoms with Crippen molar-refractivity contribution < 1.29 is 4.42 Å². The highest BCUT2D eigenvalue weighted by Crippen LogP contribution is 2.33. The van der Waals surface area contributed by atoms with Crippen LogP contribution in [0, 0.1) is 0 Å². The summed E-state index contributed by atoms with van der Waals surface area (Å²) < 4.78 is 6.91. The fourth-order valence-corrected chi connectivity index (χ4v) is 3.67. The normalized spacial score (nSPS) is 11.6. The van der Waals surface area contributed by atoms with Crippen LogP contribution in [0.15, 0.2) is 47.1 Å². The largest absolute Gasteiger partial charge is 0.469 e. The van der Waals surface area contributed by atoms with Gasteiger partial charge in [0.1, 0.15) is 5.76 Å². The maximum atomic E-state index is 5.53. The zero-order valence-corrected chi connectivity index (χ0v) is 12.7. The van der Waals surface area contributed by atoms with Crippen LogP contribution in [0.25, 0.3) is 10.1 Å². The van der Waals surface area contributed by atoms with Crippen LogP contribution >= 0.6 is 11.3 Å². The molecule has 0 saturated heterocycles. The lowest BCUT2D eigenvalue weighted by molar-refractivity contribution is 0.414. The highest BCUT2D eigenvalue weighted by atomic mass is 32.1. The van der Waals surface area contributed by atoms with E-state index in [-0.39, 0.29) is 0 Å². The fourth-order valence-electron chi connectivity index (χ4n) is 2.46. The van der Waals surface area contributed by atoms with E-state index in [1.54, 1.807) is 6.26 Å². The molecule has 2 aromatic heterocycles. The highest BCUT2D eigenvalue weighted by molar-refractivity contribution is 7.19. The van der Waals surface area contributed by atoms with Crippen molar-refractivity contribution in [3.63, 3.8) is 0 Å². The molecule has 0 aliphatic carbocycles. The minimum absolute atomic E-state index is 0.889. The van der Waals surface area contributed by atoms with E-state index in [9.17, 15) is 0 Å². The third-order valence-corrected chi connectivity index (χ3v) is 4.77. The number of fused-ring (bicyclic) bond motifs is 1. The third kappa shape index (κ3) is 2.79. The molecular formula is C17H19NOS. The van der Waals surface area contributed by atoms with Gasteiger partial charge in [-0.15, -0.1) is 11.3 Å². The van der Waals surface area contributed by atoms with Gasteiger partial charge in [0.05, 0.1) is 6.26 Å². The van der Waals surface area contributed by atoms with Gasteiger partial charge in [-0.3, -0.25) is 0 Å². The number of rotatable bonds is 5. The van der Waals surface area contributed by atoms with Crippen molar-refractivity contribution in [3.8, 4) is 0 Å². The lowest BCUT2D eigenvalue weighted by Gasteiger charge is -2.09. The standard InChI is InChI=1S/C17H19NOS/c1-18(2)10-9-17-15(12-13-6-5-11-19-13)14-7-3-4-8-16(14)20-17/h3-8,11H,9-10,12H2,1-2H3. The molecule has 0 amide bonds. The third-order valence-electron chi connectivity index (χ3n) is 3.50. The average Bonchev–Trinajstić information content (AvgIpc) is 3.05. The molecule has 0 saturated carbocycles. The van der Waals surface area contributed by atoms with Crippen LogP contribution in [0.1, 0.15) is 16.2 Å². The van der Waals surface area contributed by atoms with Crippen LogP contribution in [0.4, 0.5) is 0 Å². The topological polar surface area (TPSA) is 16.4 Å². The van der Waals surface area contributed by atoms with E-state index in [4.69, 9.17) is 4.42 Å². The zero-order valence-electron chi connectivity index (χ0n) is 11.9. The number of furan rings is 1. The molecule has 0 bridgehead atoms. The Balaban J connectivity index is 1.99. The summed E-state index contributed by atoms with van der Waals surface area (Å²) in [6.07, 6.45) is 3.74. The smallest absolute Gasteiger partial charge is 0.108 e. The number of hydrogen-bond donors (Lipinski definition) is 0. The second-order valence-electron chi connectivity index (χ2n) is 5.31. The molecule has 2 nitrogen and oxygen atoms in total.